The molecule has 0 saturated carbocycles. The van der Waals surface area contributed by atoms with Crippen molar-refractivity contribution < 1.29 is 23.9 Å². The topological polar surface area (TPSA) is 168 Å². The third kappa shape index (κ3) is 10.7. The summed E-state index contributed by atoms with van der Waals surface area (Å²) in [5.41, 5.74) is 1.21. The van der Waals surface area contributed by atoms with E-state index in [0.717, 1.165) is 101 Å². The first-order chi connectivity index (χ1) is 30.2. The number of urea groups is 1. The van der Waals surface area contributed by atoms with Crippen LogP contribution in [0.15, 0.2) is 42.9 Å². The highest BCUT2D eigenvalue weighted by Gasteiger charge is 2.39. The number of carbonyl (C=O) groups is 3. The number of anilines is 7. The van der Waals surface area contributed by atoms with Crippen LogP contribution in [-0.2, 0) is 9.47 Å². The first-order valence-corrected chi connectivity index (χ1v) is 22.8. The number of pyridine rings is 2. The summed E-state index contributed by atoms with van der Waals surface area (Å²) >= 11 is 0. The lowest BCUT2D eigenvalue weighted by Crippen LogP contribution is -2.56. The molecule has 4 bridgehead atoms. The molecule has 3 aromatic rings. The molecule has 4 saturated heterocycles. The van der Waals surface area contributed by atoms with Crippen molar-refractivity contribution in [1.82, 2.24) is 29.7 Å². The minimum absolute atomic E-state index is 0.0441. The van der Waals surface area contributed by atoms with Gasteiger partial charge in [0.05, 0.1) is 17.4 Å². The normalized spacial score (nSPS) is 21.1. The van der Waals surface area contributed by atoms with Gasteiger partial charge in [-0.25, -0.2) is 34.3 Å². The van der Waals surface area contributed by atoms with Gasteiger partial charge in [-0.2, -0.15) is 0 Å². The third-order valence-electron chi connectivity index (χ3n) is 12.1. The van der Waals surface area contributed by atoms with Gasteiger partial charge in [-0.1, -0.05) is 0 Å². The van der Waals surface area contributed by atoms with Crippen LogP contribution in [0, 0.1) is 0 Å². The molecular formula is C45H65N13O5. The van der Waals surface area contributed by atoms with Crippen LogP contribution in [0.5, 0.6) is 0 Å². The minimum Gasteiger partial charge on any atom is -0.444 e. The fraction of sp³-hybridized carbons (Fsp3) is 0.622. The highest BCUT2D eigenvalue weighted by atomic mass is 16.6. The Hall–Kier alpha value is -5.81. The number of nitrogens with zero attached hydrogens (tertiary/aromatic N) is 11. The fourth-order valence-electron chi connectivity index (χ4n) is 9.18. The monoisotopic (exact) mass is 868 g/mol. The van der Waals surface area contributed by atoms with E-state index >= 15 is 0 Å². The number of aromatic nitrogens is 4. The molecule has 2 N–H and O–H groups in total. The molecule has 63 heavy (non-hydrogen) atoms. The van der Waals surface area contributed by atoms with Crippen LogP contribution in [0.3, 0.4) is 0 Å². The van der Waals surface area contributed by atoms with Crippen molar-refractivity contribution in [2.75, 3.05) is 114 Å². The van der Waals surface area contributed by atoms with Gasteiger partial charge in [-0.3, -0.25) is 10.2 Å². The molecule has 3 aromatic heterocycles. The Labute approximate surface area is 371 Å². The Morgan fingerprint density at radius 3 is 1.86 bits per heavy atom. The third-order valence-corrected chi connectivity index (χ3v) is 12.1. The number of rotatable bonds is 3. The van der Waals surface area contributed by atoms with Gasteiger partial charge in [0.1, 0.15) is 35.0 Å². The molecule has 0 aromatic carbocycles. The lowest BCUT2D eigenvalue weighted by atomic mass is 10.00. The van der Waals surface area contributed by atoms with Crippen molar-refractivity contribution in [2.24, 2.45) is 0 Å². The minimum atomic E-state index is -0.521. The molecule has 4 amide bonds. The van der Waals surface area contributed by atoms with Crippen molar-refractivity contribution in [3.05, 3.63) is 42.9 Å². The molecular weight excluding hydrogens is 803 g/mol. The molecule has 6 aliphatic rings. The van der Waals surface area contributed by atoms with Crippen LogP contribution in [0.4, 0.5) is 54.8 Å². The lowest BCUT2D eigenvalue weighted by molar-refractivity contribution is 0.0252. The fourth-order valence-corrected chi connectivity index (χ4v) is 9.18. The molecule has 0 aliphatic carbocycles. The summed E-state index contributed by atoms with van der Waals surface area (Å²) in [6.45, 7) is 21.0. The average molecular weight is 868 g/mol. The Bertz CT molecular complexity index is 2100. The van der Waals surface area contributed by atoms with E-state index in [0.29, 0.717) is 43.9 Å². The Morgan fingerprint density at radius 2 is 1.24 bits per heavy atom. The number of hydrogen-bond acceptors (Lipinski definition) is 14. The van der Waals surface area contributed by atoms with Gasteiger partial charge >= 0.3 is 18.2 Å². The van der Waals surface area contributed by atoms with Crippen LogP contribution < -0.4 is 35.1 Å². The maximum Gasteiger partial charge on any atom is 0.410 e. The zero-order valence-corrected chi connectivity index (χ0v) is 37.9. The van der Waals surface area contributed by atoms with Crippen molar-refractivity contribution in [3.63, 3.8) is 0 Å². The van der Waals surface area contributed by atoms with Crippen LogP contribution in [-0.4, -0.2) is 150 Å². The Balaban J connectivity index is 0.000000180. The lowest BCUT2D eigenvalue weighted by Gasteiger charge is -2.46. The van der Waals surface area contributed by atoms with E-state index < -0.39 is 11.2 Å². The highest BCUT2D eigenvalue weighted by Crippen LogP contribution is 2.40. The van der Waals surface area contributed by atoms with Gasteiger partial charge in [0, 0.05) is 90.8 Å². The van der Waals surface area contributed by atoms with E-state index in [1.807, 2.05) is 52.5 Å². The molecule has 0 unspecified atom stereocenters. The zero-order valence-electron chi connectivity index (χ0n) is 37.9. The van der Waals surface area contributed by atoms with Gasteiger partial charge in [-0.05, 0) is 110 Å². The zero-order chi connectivity index (χ0) is 44.3. The number of hydrogen-bond donors (Lipinski definition) is 2. The molecule has 0 radical (unpaired) electrons. The second-order valence-corrected chi connectivity index (χ2v) is 19.2. The van der Waals surface area contributed by atoms with E-state index in [1.54, 1.807) is 22.1 Å². The summed E-state index contributed by atoms with van der Waals surface area (Å²) in [6, 6.07) is 10.4. The maximum absolute atomic E-state index is 13.4. The van der Waals surface area contributed by atoms with Crippen molar-refractivity contribution >= 4 is 58.7 Å². The molecule has 0 spiro atoms. The van der Waals surface area contributed by atoms with E-state index in [-0.39, 0.29) is 24.3 Å². The summed E-state index contributed by atoms with van der Waals surface area (Å²) in [6.07, 6.45) is 8.65. The van der Waals surface area contributed by atoms with Crippen molar-refractivity contribution in [3.8, 4) is 0 Å². The van der Waals surface area contributed by atoms with Crippen LogP contribution in [0.1, 0.15) is 80.1 Å². The van der Waals surface area contributed by atoms with E-state index in [1.165, 1.54) is 24.9 Å². The number of ether oxygens (including phenoxy) is 2. The first kappa shape index (κ1) is 43.8. The molecule has 340 valence electrons. The predicted molar refractivity (Wildman–Crippen MR) is 245 cm³/mol. The summed E-state index contributed by atoms with van der Waals surface area (Å²) in [7, 11) is 0. The molecule has 18 heteroatoms. The summed E-state index contributed by atoms with van der Waals surface area (Å²) < 4.78 is 11.1. The number of piperidine rings is 2. The smallest absolute Gasteiger partial charge is 0.410 e. The Kier molecular flexibility index (Phi) is 12.9. The predicted octanol–water partition coefficient (Wildman–Crippen LogP) is 6.26. The van der Waals surface area contributed by atoms with E-state index in [2.05, 4.69) is 58.4 Å². The standard InChI is InChI=1S/C25H34N8O3.C20H31N5O2/c1-25(2,3)36-24(35)31-13-5-12-30(14-15-31)21-8-7-19-22(29-21)33(18-6-4-11-32(19)16-18)23(34)28-20-9-10-26-17-27-20;1-20(2,3)27-19(26)24-11-5-10-23(12-13-24)17-8-7-16-18(22-17)21-15-6-4-9-25(16)14-15/h7-10,17-18H,4-6,11-16H2,1-3H3,(H,26,27,28,34);7-8,15H,4-6,9-14H2,1-3H3,(H,21,22)/t18-;15-/m00/s1. The SMILES string of the molecule is CC(C)(C)OC(=O)N1CCCN(c2ccc3c(n2)N(C(=O)Nc2ccncn2)[C@H]2CCCN3C2)CC1.CC(C)(C)OC(=O)N1CCCN(c2ccc3c(n2)N[C@H]2CCCN3C2)CC1. The average Bonchev–Trinajstić information content (AvgIpc) is 3.66. The quantitative estimate of drug-likeness (QED) is 0.303. The summed E-state index contributed by atoms with van der Waals surface area (Å²) in [5.74, 6) is 3.94. The maximum atomic E-state index is 13.4. The molecule has 9 rings (SSSR count). The van der Waals surface area contributed by atoms with Crippen molar-refractivity contribution in [1.29, 1.82) is 0 Å². The van der Waals surface area contributed by atoms with Crippen LogP contribution in [0.25, 0.3) is 0 Å². The van der Waals surface area contributed by atoms with Gasteiger partial charge in [0.25, 0.3) is 0 Å². The molecule has 6 aliphatic heterocycles. The highest BCUT2D eigenvalue weighted by molar-refractivity contribution is 6.04. The number of amides is 4. The summed E-state index contributed by atoms with van der Waals surface area (Å²) in [5, 5.41) is 6.52. The van der Waals surface area contributed by atoms with Crippen molar-refractivity contribution in [2.45, 2.75) is 103 Å². The number of nitrogens with one attached hydrogen (secondary N) is 2. The second kappa shape index (κ2) is 18.5. The Morgan fingerprint density at radius 1 is 0.651 bits per heavy atom. The number of carbonyl (C=O) groups excluding carboxylic acids is 3. The molecule has 18 nitrogen and oxygen atoms in total. The molecule has 9 heterocycles. The molecule has 4 fully saturated rings. The van der Waals surface area contributed by atoms with E-state index in [4.69, 9.17) is 19.4 Å². The largest absolute Gasteiger partial charge is 0.444 e. The van der Waals surface area contributed by atoms with Gasteiger partial charge in [0.2, 0.25) is 0 Å². The van der Waals surface area contributed by atoms with Gasteiger partial charge in [0.15, 0.2) is 11.6 Å². The molecule has 2 atom stereocenters. The first-order valence-electron chi connectivity index (χ1n) is 22.8. The second-order valence-electron chi connectivity index (χ2n) is 19.2. The van der Waals surface area contributed by atoms with Crippen LogP contribution in [0.2, 0.25) is 0 Å². The van der Waals surface area contributed by atoms with Gasteiger partial charge in [-0.15, -0.1) is 0 Å². The van der Waals surface area contributed by atoms with Crippen LogP contribution >= 0.6 is 0 Å². The summed E-state index contributed by atoms with van der Waals surface area (Å²) in [4.78, 5) is 71.0. The van der Waals surface area contributed by atoms with E-state index in [9.17, 15) is 14.4 Å². The van der Waals surface area contributed by atoms with Gasteiger partial charge < -0.3 is 44.2 Å². The number of fused-ring (bicyclic) bond motifs is 8.